The Hall–Kier alpha value is -2.29. The third-order valence-electron chi connectivity index (χ3n) is 3.01. The van der Waals surface area contributed by atoms with E-state index in [1.54, 1.807) is 6.33 Å². The Labute approximate surface area is 99.5 Å². The second-order valence-electron chi connectivity index (χ2n) is 4.15. The molecule has 1 heterocycles. The van der Waals surface area contributed by atoms with Crippen molar-refractivity contribution >= 4 is 16.6 Å². The predicted octanol–water partition coefficient (Wildman–Crippen LogP) is 2.82. The van der Waals surface area contributed by atoms with Gasteiger partial charge in [-0.25, -0.2) is 4.98 Å². The van der Waals surface area contributed by atoms with Crippen LogP contribution in [0.3, 0.4) is 0 Å². The second kappa shape index (κ2) is 3.63. The first-order valence-corrected chi connectivity index (χ1v) is 5.51. The van der Waals surface area contributed by atoms with Crippen molar-refractivity contribution < 1.29 is 0 Å². The Bertz CT molecular complexity index is 683. The number of imidazole rings is 1. The van der Waals surface area contributed by atoms with E-state index in [9.17, 15) is 0 Å². The van der Waals surface area contributed by atoms with E-state index in [1.165, 1.54) is 10.8 Å². The van der Waals surface area contributed by atoms with E-state index in [4.69, 9.17) is 5.73 Å². The molecule has 3 rings (SSSR count). The lowest BCUT2D eigenvalue weighted by Crippen LogP contribution is -1.95. The minimum Gasteiger partial charge on any atom is -0.383 e. The SMILES string of the molecule is Cn1cnc(-c2ccc3ccccc3c2)c1N. The van der Waals surface area contributed by atoms with Crippen molar-refractivity contribution in [3.63, 3.8) is 0 Å². The smallest absolute Gasteiger partial charge is 0.131 e. The van der Waals surface area contributed by atoms with Gasteiger partial charge in [0.25, 0.3) is 0 Å². The van der Waals surface area contributed by atoms with Gasteiger partial charge in [-0.3, -0.25) is 0 Å². The monoisotopic (exact) mass is 223 g/mol. The molecule has 0 aliphatic rings. The quantitative estimate of drug-likeness (QED) is 0.689. The van der Waals surface area contributed by atoms with E-state index in [1.807, 2.05) is 23.7 Å². The van der Waals surface area contributed by atoms with E-state index >= 15 is 0 Å². The fraction of sp³-hybridized carbons (Fsp3) is 0.0714. The molecule has 2 N–H and O–H groups in total. The Kier molecular flexibility index (Phi) is 2.11. The van der Waals surface area contributed by atoms with Gasteiger partial charge in [-0.1, -0.05) is 36.4 Å². The Morgan fingerprint density at radius 2 is 1.82 bits per heavy atom. The second-order valence-corrected chi connectivity index (χ2v) is 4.15. The number of fused-ring (bicyclic) bond motifs is 1. The van der Waals surface area contributed by atoms with Crippen molar-refractivity contribution in [1.82, 2.24) is 9.55 Å². The van der Waals surface area contributed by atoms with Crippen molar-refractivity contribution in [2.45, 2.75) is 0 Å². The number of hydrogen-bond acceptors (Lipinski definition) is 2. The molecule has 2 aromatic carbocycles. The van der Waals surface area contributed by atoms with Gasteiger partial charge in [0.15, 0.2) is 0 Å². The van der Waals surface area contributed by atoms with Crippen molar-refractivity contribution in [2.24, 2.45) is 7.05 Å². The summed E-state index contributed by atoms with van der Waals surface area (Å²) in [5.74, 6) is 0.695. The standard InChI is InChI=1S/C14H13N3/c1-17-9-16-13(14(17)15)12-7-6-10-4-2-3-5-11(10)8-12/h2-9H,15H2,1H3. The van der Waals surface area contributed by atoms with Crippen LogP contribution in [-0.4, -0.2) is 9.55 Å². The molecule has 0 bridgehead atoms. The van der Waals surface area contributed by atoms with Crippen LogP contribution in [0, 0.1) is 0 Å². The van der Waals surface area contributed by atoms with Gasteiger partial charge >= 0.3 is 0 Å². The summed E-state index contributed by atoms with van der Waals surface area (Å²) in [5.41, 5.74) is 7.88. The average molecular weight is 223 g/mol. The summed E-state index contributed by atoms with van der Waals surface area (Å²) in [6.07, 6.45) is 1.74. The Morgan fingerprint density at radius 3 is 2.53 bits per heavy atom. The maximum absolute atomic E-state index is 5.98. The molecule has 1 aromatic heterocycles. The number of benzene rings is 2. The predicted molar refractivity (Wildman–Crippen MR) is 70.6 cm³/mol. The molecule has 0 saturated carbocycles. The fourth-order valence-corrected chi connectivity index (χ4v) is 2.00. The number of nitrogens with two attached hydrogens (primary N) is 1. The third kappa shape index (κ3) is 1.56. The van der Waals surface area contributed by atoms with Gasteiger partial charge in [0.1, 0.15) is 11.5 Å². The average Bonchev–Trinajstić information content (AvgIpc) is 2.70. The highest BCUT2D eigenvalue weighted by Gasteiger charge is 2.07. The largest absolute Gasteiger partial charge is 0.383 e. The Balaban J connectivity index is 2.21. The minimum atomic E-state index is 0.695. The molecule has 3 aromatic rings. The van der Waals surface area contributed by atoms with Crippen molar-refractivity contribution in [1.29, 1.82) is 0 Å². The number of aryl methyl sites for hydroxylation is 1. The molecule has 0 fully saturated rings. The number of nitrogen functional groups attached to an aromatic ring is 1. The van der Waals surface area contributed by atoms with Gasteiger partial charge < -0.3 is 10.3 Å². The number of hydrogen-bond donors (Lipinski definition) is 1. The van der Waals surface area contributed by atoms with Gasteiger partial charge in [0.05, 0.1) is 6.33 Å². The zero-order valence-corrected chi connectivity index (χ0v) is 9.59. The number of anilines is 1. The Morgan fingerprint density at radius 1 is 1.06 bits per heavy atom. The van der Waals surface area contributed by atoms with Crippen molar-refractivity contribution in [3.05, 3.63) is 48.8 Å². The summed E-state index contributed by atoms with van der Waals surface area (Å²) >= 11 is 0. The topological polar surface area (TPSA) is 43.8 Å². The maximum Gasteiger partial charge on any atom is 0.131 e. The molecule has 3 heteroatoms. The molecule has 84 valence electrons. The zero-order chi connectivity index (χ0) is 11.8. The third-order valence-corrected chi connectivity index (χ3v) is 3.01. The van der Waals surface area contributed by atoms with E-state index < -0.39 is 0 Å². The molecule has 17 heavy (non-hydrogen) atoms. The normalized spacial score (nSPS) is 10.9. The zero-order valence-electron chi connectivity index (χ0n) is 9.59. The van der Waals surface area contributed by atoms with Crippen LogP contribution >= 0.6 is 0 Å². The van der Waals surface area contributed by atoms with Crippen LogP contribution in [0.2, 0.25) is 0 Å². The molecule has 0 unspecified atom stereocenters. The first-order valence-electron chi connectivity index (χ1n) is 5.51. The molecule has 0 amide bonds. The van der Waals surface area contributed by atoms with Gasteiger partial charge in [-0.15, -0.1) is 0 Å². The molecule has 0 atom stereocenters. The molecule has 0 aliphatic heterocycles. The summed E-state index contributed by atoms with van der Waals surface area (Å²) in [7, 11) is 1.90. The van der Waals surface area contributed by atoms with Crippen LogP contribution in [0.5, 0.6) is 0 Å². The lowest BCUT2D eigenvalue weighted by molar-refractivity contribution is 0.925. The highest BCUT2D eigenvalue weighted by atomic mass is 15.1. The summed E-state index contributed by atoms with van der Waals surface area (Å²) in [5, 5.41) is 2.43. The van der Waals surface area contributed by atoms with Gasteiger partial charge in [0, 0.05) is 12.6 Å². The van der Waals surface area contributed by atoms with Gasteiger partial charge in [-0.2, -0.15) is 0 Å². The molecular formula is C14H13N3. The molecule has 0 aliphatic carbocycles. The first kappa shape index (κ1) is 9.90. The van der Waals surface area contributed by atoms with Gasteiger partial charge in [-0.05, 0) is 16.8 Å². The summed E-state index contributed by atoms with van der Waals surface area (Å²) < 4.78 is 1.82. The van der Waals surface area contributed by atoms with Crippen LogP contribution in [-0.2, 0) is 7.05 Å². The molecule has 0 spiro atoms. The highest BCUT2D eigenvalue weighted by molar-refractivity contribution is 5.88. The summed E-state index contributed by atoms with van der Waals surface area (Å²) in [4.78, 5) is 4.33. The maximum atomic E-state index is 5.98. The first-order chi connectivity index (χ1) is 8.25. The van der Waals surface area contributed by atoms with Crippen LogP contribution in [0.15, 0.2) is 48.8 Å². The molecular weight excluding hydrogens is 210 g/mol. The molecule has 0 saturated heterocycles. The number of aromatic nitrogens is 2. The molecule has 3 nitrogen and oxygen atoms in total. The van der Waals surface area contributed by atoms with Crippen LogP contribution in [0.1, 0.15) is 0 Å². The van der Waals surface area contributed by atoms with E-state index in [0.29, 0.717) is 5.82 Å². The lowest BCUT2D eigenvalue weighted by Gasteiger charge is -2.03. The highest BCUT2D eigenvalue weighted by Crippen LogP contribution is 2.26. The summed E-state index contributed by atoms with van der Waals surface area (Å²) in [6.45, 7) is 0. The minimum absolute atomic E-state index is 0.695. The van der Waals surface area contributed by atoms with Gasteiger partial charge in [0.2, 0.25) is 0 Å². The van der Waals surface area contributed by atoms with E-state index in [-0.39, 0.29) is 0 Å². The van der Waals surface area contributed by atoms with Crippen LogP contribution < -0.4 is 5.73 Å². The van der Waals surface area contributed by atoms with Crippen LogP contribution in [0.4, 0.5) is 5.82 Å². The number of nitrogens with zero attached hydrogens (tertiary/aromatic N) is 2. The van der Waals surface area contributed by atoms with E-state index in [2.05, 4.69) is 35.3 Å². The van der Waals surface area contributed by atoms with Crippen molar-refractivity contribution in [2.75, 3.05) is 5.73 Å². The lowest BCUT2D eigenvalue weighted by atomic mass is 10.1. The molecule has 0 radical (unpaired) electrons. The summed E-state index contributed by atoms with van der Waals surface area (Å²) in [6, 6.07) is 14.5. The fourth-order valence-electron chi connectivity index (χ4n) is 2.00. The van der Waals surface area contributed by atoms with Crippen LogP contribution in [0.25, 0.3) is 22.0 Å². The number of rotatable bonds is 1. The van der Waals surface area contributed by atoms with E-state index in [0.717, 1.165) is 11.3 Å². The van der Waals surface area contributed by atoms with Crippen molar-refractivity contribution in [3.8, 4) is 11.3 Å².